The molecule has 2 heterocycles. The number of fused-ring (bicyclic) bond motifs is 1. The summed E-state index contributed by atoms with van der Waals surface area (Å²) in [6.07, 6.45) is 0.804. The zero-order valence-electron chi connectivity index (χ0n) is 21.7. The number of halogens is 3. The Hall–Kier alpha value is -4.12. The molecule has 2 N–H and O–H groups in total. The fourth-order valence-electron chi connectivity index (χ4n) is 4.30. The van der Waals surface area contributed by atoms with Gasteiger partial charge in [-0.2, -0.15) is 0 Å². The summed E-state index contributed by atoms with van der Waals surface area (Å²) in [5.41, 5.74) is 0.847. The van der Waals surface area contributed by atoms with Crippen LogP contribution in [0.15, 0.2) is 54.7 Å². The van der Waals surface area contributed by atoms with Gasteiger partial charge >= 0.3 is 6.03 Å². The predicted octanol–water partition coefficient (Wildman–Crippen LogP) is 4.55. The summed E-state index contributed by atoms with van der Waals surface area (Å²) in [5.74, 6) is -2.62. The molecule has 0 radical (unpaired) electrons. The smallest absolute Gasteiger partial charge is 0.321 e. The summed E-state index contributed by atoms with van der Waals surface area (Å²) in [7, 11) is 1.47. The van der Waals surface area contributed by atoms with Gasteiger partial charge in [-0.15, -0.1) is 0 Å². The second kappa shape index (κ2) is 11.7. The second-order valence-electron chi connectivity index (χ2n) is 9.64. The lowest BCUT2D eigenvalue weighted by molar-refractivity contribution is 0.0356. The van der Waals surface area contributed by atoms with Crippen molar-refractivity contribution in [2.45, 2.75) is 26.0 Å². The Bertz CT molecular complexity index is 1370. The van der Waals surface area contributed by atoms with Gasteiger partial charge in [0.1, 0.15) is 29.1 Å². The fraction of sp³-hybridized carbons (Fsp3) is 0.321. The van der Waals surface area contributed by atoms with Gasteiger partial charge in [0.15, 0.2) is 0 Å². The van der Waals surface area contributed by atoms with E-state index in [9.17, 15) is 27.9 Å². The molecule has 206 valence electrons. The van der Waals surface area contributed by atoms with Crippen LogP contribution in [-0.4, -0.2) is 70.7 Å². The number of nitrogens with one attached hydrogen (secondary N) is 1. The first-order chi connectivity index (χ1) is 18.6. The van der Waals surface area contributed by atoms with E-state index in [-0.39, 0.29) is 42.7 Å². The summed E-state index contributed by atoms with van der Waals surface area (Å²) >= 11 is 0. The van der Waals surface area contributed by atoms with Crippen LogP contribution in [0.5, 0.6) is 5.88 Å². The molecular formula is C28H29F3N4O4. The van der Waals surface area contributed by atoms with E-state index in [2.05, 4.69) is 10.3 Å². The number of likely N-dealkylation sites (N-methyl/N-ethyl adjacent to an activating group) is 1. The average molecular weight is 543 g/mol. The number of urea groups is 1. The van der Waals surface area contributed by atoms with E-state index in [1.54, 1.807) is 25.1 Å². The third-order valence-corrected chi connectivity index (χ3v) is 6.65. The molecule has 1 aliphatic heterocycles. The highest BCUT2D eigenvalue weighted by atomic mass is 19.1. The lowest BCUT2D eigenvalue weighted by atomic mass is 9.99. The molecule has 1 aliphatic rings. The molecule has 39 heavy (non-hydrogen) atoms. The molecule has 3 amide bonds. The van der Waals surface area contributed by atoms with E-state index < -0.39 is 41.5 Å². The third-order valence-electron chi connectivity index (χ3n) is 6.65. The van der Waals surface area contributed by atoms with Gasteiger partial charge in [0, 0.05) is 37.3 Å². The molecule has 3 aromatic rings. The van der Waals surface area contributed by atoms with Crippen LogP contribution in [0.4, 0.5) is 23.7 Å². The van der Waals surface area contributed by atoms with Crippen molar-refractivity contribution in [3.05, 3.63) is 77.7 Å². The van der Waals surface area contributed by atoms with Crippen LogP contribution in [0, 0.1) is 23.4 Å². The zero-order valence-corrected chi connectivity index (χ0v) is 21.7. The summed E-state index contributed by atoms with van der Waals surface area (Å²) in [6.45, 7) is 3.48. The topological polar surface area (TPSA) is 95.0 Å². The number of hydrogen-bond donors (Lipinski definition) is 2. The highest BCUT2D eigenvalue weighted by Gasteiger charge is 2.35. The molecule has 0 saturated heterocycles. The molecule has 0 saturated carbocycles. The molecule has 0 spiro atoms. The maximum absolute atomic E-state index is 14.0. The molecular weight excluding hydrogens is 513 g/mol. The number of carbonyl (C=O) groups excluding carboxylic acids is 2. The number of aliphatic hydroxyl groups excluding tert-OH is 1. The number of rotatable bonds is 6. The number of aromatic nitrogens is 1. The summed E-state index contributed by atoms with van der Waals surface area (Å²) in [6, 6.07) is 8.96. The van der Waals surface area contributed by atoms with E-state index in [0.29, 0.717) is 11.1 Å². The molecule has 0 bridgehead atoms. The molecule has 3 atom stereocenters. The molecule has 1 aromatic heterocycles. The van der Waals surface area contributed by atoms with Gasteiger partial charge in [-0.1, -0.05) is 19.1 Å². The van der Waals surface area contributed by atoms with Crippen molar-refractivity contribution >= 4 is 17.6 Å². The van der Waals surface area contributed by atoms with E-state index in [1.165, 1.54) is 35.2 Å². The molecule has 4 rings (SSSR count). The van der Waals surface area contributed by atoms with Crippen LogP contribution in [0.2, 0.25) is 0 Å². The number of aliphatic hydroxyl groups is 1. The number of hydrogen-bond acceptors (Lipinski definition) is 5. The van der Waals surface area contributed by atoms with Gasteiger partial charge in [0.25, 0.3) is 5.91 Å². The zero-order chi connectivity index (χ0) is 28.3. The van der Waals surface area contributed by atoms with Crippen molar-refractivity contribution in [2.24, 2.45) is 5.92 Å². The van der Waals surface area contributed by atoms with Gasteiger partial charge in [-0.05, 0) is 42.8 Å². The average Bonchev–Trinajstić information content (AvgIpc) is 2.91. The number of nitrogens with zero attached hydrogens (tertiary/aromatic N) is 3. The molecule has 8 nitrogen and oxygen atoms in total. The van der Waals surface area contributed by atoms with Gasteiger partial charge in [-0.25, -0.2) is 22.9 Å². The lowest BCUT2D eigenvalue weighted by Gasteiger charge is -2.37. The Balaban J connectivity index is 1.63. The highest BCUT2D eigenvalue weighted by Crippen LogP contribution is 2.30. The minimum atomic E-state index is -0.784. The van der Waals surface area contributed by atoms with Crippen molar-refractivity contribution in [3.8, 4) is 17.0 Å². The lowest BCUT2D eigenvalue weighted by Crippen LogP contribution is -2.50. The second-order valence-corrected chi connectivity index (χ2v) is 9.64. The Morgan fingerprint density at radius 2 is 1.92 bits per heavy atom. The van der Waals surface area contributed by atoms with Gasteiger partial charge in [0.2, 0.25) is 5.88 Å². The predicted molar refractivity (Wildman–Crippen MR) is 139 cm³/mol. The minimum absolute atomic E-state index is 0.0201. The van der Waals surface area contributed by atoms with Gasteiger partial charge < -0.3 is 25.0 Å². The minimum Gasteiger partial charge on any atom is -0.472 e. The van der Waals surface area contributed by atoms with Gasteiger partial charge in [-0.3, -0.25) is 4.79 Å². The summed E-state index contributed by atoms with van der Waals surface area (Å²) < 4.78 is 47.6. The standard InChI is InChI=1S/C28H29F3N4O4/c1-16-13-35(17(2)15-36)27(37)22-10-19(18-5-4-6-20(29)9-18)12-32-26(22)39-25(16)14-34(3)28(38)33-24-11-21(30)7-8-23(24)31/h4-12,16-17,25,36H,13-15H2,1-3H3,(H,33,38)/t16-,17-,25-/m0/s1. The first-order valence-electron chi connectivity index (χ1n) is 12.4. The first kappa shape index (κ1) is 27.9. The van der Waals surface area contributed by atoms with Crippen molar-refractivity contribution < 1.29 is 32.6 Å². The van der Waals surface area contributed by atoms with Crippen molar-refractivity contribution in [2.75, 3.05) is 32.1 Å². The van der Waals surface area contributed by atoms with E-state index in [4.69, 9.17) is 4.74 Å². The number of amides is 3. The van der Waals surface area contributed by atoms with Crippen LogP contribution >= 0.6 is 0 Å². The Morgan fingerprint density at radius 3 is 2.64 bits per heavy atom. The molecule has 11 heteroatoms. The number of anilines is 1. The van der Waals surface area contributed by atoms with E-state index in [1.807, 2.05) is 6.92 Å². The first-order valence-corrected chi connectivity index (χ1v) is 12.4. The number of carbonyl (C=O) groups is 2. The number of pyridine rings is 1. The quantitative estimate of drug-likeness (QED) is 0.477. The van der Waals surface area contributed by atoms with Gasteiger partial charge in [0.05, 0.1) is 24.9 Å². The molecule has 0 aliphatic carbocycles. The summed E-state index contributed by atoms with van der Waals surface area (Å²) in [5, 5.41) is 12.2. The molecule has 0 fully saturated rings. The Kier molecular flexibility index (Phi) is 8.39. The van der Waals surface area contributed by atoms with Crippen molar-refractivity contribution in [3.63, 3.8) is 0 Å². The Morgan fingerprint density at radius 1 is 1.18 bits per heavy atom. The number of ether oxygens (including phenoxy) is 1. The van der Waals surface area contributed by atoms with Crippen LogP contribution in [0.3, 0.4) is 0 Å². The van der Waals surface area contributed by atoms with Crippen LogP contribution in [-0.2, 0) is 0 Å². The fourth-order valence-corrected chi connectivity index (χ4v) is 4.30. The largest absolute Gasteiger partial charge is 0.472 e. The SMILES string of the molecule is C[C@H]1CN([C@@H](C)CO)C(=O)c2cc(-c3cccc(F)c3)cnc2O[C@H]1CN(C)C(=O)Nc1cc(F)ccc1F. The van der Waals surface area contributed by atoms with Crippen molar-refractivity contribution in [1.29, 1.82) is 0 Å². The maximum atomic E-state index is 14.0. The molecule has 2 aromatic carbocycles. The molecule has 0 unspecified atom stereocenters. The monoisotopic (exact) mass is 542 g/mol. The van der Waals surface area contributed by atoms with E-state index >= 15 is 0 Å². The maximum Gasteiger partial charge on any atom is 0.321 e. The summed E-state index contributed by atoms with van der Waals surface area (Å²) in [4.78, 5) is 33.5. The Labute approximate surface area is 224 Å². The highest BCUT2D eigenvalue weighted by molar-refractivity contribution is 5.98. The van der Waals surface area contributed by atoms with Crippen LogP contribution in [0.25, 0.3) is 11.1 Å². The number of benzene rings is 2. The van der Waals surface area contributed by atoms with Crippen LogP contribution in [0.1, 0.15) is 24.2 Å². The van der Waals surface area contributed by atoms with E-state index in [0.717, 1.165) is 18.2 Å². The normalized spacial score (nSPS) is 17.9. The third kappa shape index (κ3) is 6.31. The van der Waals surface area contributed by atoms with Crippen LogP contribution < -0.4 is 10.1 Å². The van der Waals surface area contributed by atoms with Crippen molar-refractivity contribution in [1.82, 2.24) is 14.8 Å².